The first kappa shape index (κ1) is 13.2. The van der Waals surface area contributed by atoms with Crippen molar-refractivity contribution in [3.8, 4) is 0 Å². The standard InChI is InChI=1S/C11H15ClN2OS/c1-14-11(15)3-2-6-16-8-4-5-10(13)9(12)7-8/h4-5,7H,2-3,6,13H2,1H3,(H,14,15). The number of amides is 1. The van der Waals surface area contributed by atoms with Crippen LogP contribution in [0.5, 0.6) is 0 Å². The van der Waals surface area contributed by atoms with Gasteiger partial charge < -0.3 is 11.1 Å². The third kappa shape index (κ3) is 4.33. The van der Waals surface area contributed by atoms with Crippen molar-refractivity contribution < 1.29 is 4.79 Å². The lowest BCUT2D eigenvalue weighted by Crippen LogP contribution is -2.17. The van der Waals surface area contributed by atoms with Crippen molar-refractivity contribution in [3.63, 3.8) is 0 Å². The zero-order valence-electron chi connectivity index (χ0n) is 9.13. The van der Waals surface area contributed by atoms with Gasteiger partial charge in [0.25, 0.3) is 0 Å². The van der Waals surface area contributed by atoms with E-state index in [0.29, 0.717) is 17.1 Å². The number of nitrogens with one attached hydrogen (secondary N) is 1. The van der Waals surface area contributed by atoms with Crippen LogP contribution >= 0.6 is 23.4 Å². The second-order valence-electron chi connectivity index (χ2n) is 3.31. The van der Waals surface area contributed by atoms with Gasteiger partial charge in [0.1, 0.15) is 0 Å². The van der Waals surface area contributed by atoms with E-state index >= 15 is 0 Å². The lowest BCUT2D eigenvalue weighted by Gasteiger charge is -2.03. The van der Waals surface area contributed by atoms with Gasteiger partial charge in [0, 0.05) is 18.4 Å². The maximum absolute atomic E-state index is 11.0. The molecule has 1 aromatic rings. The smallest absolute Gasteiger partial charge is 0.219 e. The van der Waals surface area contributed by atoms with E-state index in [1.54, 1.807) is 24.9 Å². The maximum atomic E-state index is 11.0. The summed E-state index contributed by atoms with van der Waals surface area (Å²) in [5.41, 5.74) is 6.20. The first-order valence-corrected chi connectivity index (χ1v) is 6.38. The largest absolute Gasteiger partial charge is 0.398 e. The molecule has 5 heteroatoms. The van der Waals surface area contributed by atoms with E-state index in [1.807, 2.05) is 12.1 Å². The normalized spacial score (nSPS) is 10.1. The van der Waals surface area contributed by atoms with E-state index < -0.39 is 0 Å². The molecule has 0 aliphatic carbocycles. The average Bonchev–Trinajstić information content (AvgIpc) is 2.28. The number of nitrogens with two attached hydrogens (primary N) is 1. The summed E-state index contributed by atoms with van der Waals surface area (Å²) in [6.07, 6.45) is 1.42. The topological polar surface area (TPSA) is 55.1 Å². The van der Waals surface area contributed by atoms with Crippen molar-refractivity contribution in [2.45, 2.75) is 17.7 Å². The Hall–Kier alpha value is -0.870. The summed E-state index contributed by atoms with van der Waals surface area (Å²) in [5.74, 6) is 0.976. The van der Waals surface area contributed by atoms with Gasteiger partial charge in [-0.1, -0.05) is 11.6 Å². The molecular weight excluding hydrogens is 244 g/mol. The van der Waals surface area contributed by atoms with Crippen molar-refractivity contribution in [1.82, 2.24) is 5.32 Å². The number of carbonyl (C=O) groups is 1. The summed E-state index contributed by atoms with van der Waals surface area (Å²) in [6.45, 7) is 0. The highest BCUT2D eigenvalue weighted by atomic mass is 35.5. The highest BCUT2D eigenvalue weighted by Crippen LogP contribution is 2.26. The minimum Gasteiger partial charge on any atom is -0.398 e. The molecule has 16 heavy (non-hydrogen) atoms. The van der Waals surface area contributed by atoms with E-state index in [4.69, 9.17) is 17.3 Å². The molecule has 0 spiro atoms. The number of carbonyl (C=O) groups excluding carboxylic acids is 1. The number of hydrogen-bond acceptors (Lipinski definition) is 3. The Morgan fingerprint density at radius 1 is 1.56 bits per heavy atom. The highest BCUT2D eigenvalue weighted by Gasteiger charge is 2.01. The van der Waals surface area contributed by atoms with Crippen LogP contribution in [0.2, 0.25) is 5.02 Å². The number of thioether (sulfide) groups is 1. The van der Waals surface area contributed by atoms with Gasteiger partial charge >= 0.3 is 0 Å². The van der Waals surface area contributed by atoms with Gasteiger partial charge in [0.2, 0.25) is 5.91 Å². The molecule has 0 saturated carbocycles. The van der Waals surface area contributed by atoms with Crippen LogP contribution in [0.15, 0.2) is 23.1 Å². The lowest BCUT2D eigenvalue weighted by atomic mass is 10.3. The Morgan fingerprint density at radius 3 is 2.94 bits per heavy atom. The van der Waals surface area contributed by atoms with Gasteiger partial charge in [-0.25, -0.2) is 0 Å². The van der Waals surface area contributed by atoms with Crippen LogP contribution in [-0.4, -0.2) is 18.7 Å². The van der Waals surface area contributed by atoms with E-state index in [0.717, 1.165) is 17.1 Å². The van der Waals surface area contributed by atoms with Gasteiger partial charge in [0.05, 0.1) is 10.7 Å². The van der Waals surface area contributed by atoms with Crippen molar-refractivity contribution in [1.29, 1.82) is 0 Å². The van der Waals surface area contributed by atoms with Crippen molar-refractivity contribution in [2.75, 3.05) is 18.5 Å². The first-order chi connectivity index (χ1) is 7.63. The number of benzene rings is 1. The second-order valence-corrected chi connectivity index (χ2v) is 4.88. The van der Waals surface area contributed by atoms with Crippen LogP contribution in [0.3, 0.4) is 0 Å². The van der Waals surface area contributed by atoms with E-state index in [-0.39, 0.29) is 5.91 Å². The predicted molar refractivity (Wildman–Crippen MR) is 69.9 cm³/mol. The monoisotopic (exact) mass is 258 g/mol. The minimum atomic E-state index is 0.0796. The number of anilines is 1. The molecule has 0 heterocycles. The van der Waals surface area contributed by atoms with E-state index in [1.165, 1.54) is 0 Å². The molecule has 1 amide bonds. The second kappa shape index (κ2) is 6.66. The van der Waals surface area contributed by atoms with Gasteiger partial charge in [-0.3, -0.25) is 4.79 Å². The number of nitrogen functional groups attached to an aromatic ring is 1. The summed E-state index contributed by atoms with van der Waals surface area (Å²) >= 11 is 7.57. The summed E-state index contributed by atoms with van der Waals surface area (Å²) in [7, 11) is 1.65. The van der Waals surface area contributed by atoms with Gasteiger partial charge in [-0.2, -0.15) is 0 Å². The minimum absolute atomic E-state index is 0.0796. The van der Waals surface area contributed by atoms with Gasteiger partial charge in [0.15, 0.2) is 0 Å². The van der Waals surface area contributed by atoms with Gasteiger partial charge in [-0.05, 0) is 30.4 Å². The van der Waals surface area contributed by atoms with Gasteiger partial charge in [-0.15, -0.1) is 11.8 Å². The number of rotatable bonds is 5. The Labute approximate surface area is 105 Å². The average molecular weight is 259 g/mol. The summed E-state index contributed by atoms with van der Waals surface area (Å²) in [4.78, 5) is 12.0. The molecule has 0 fully saturated rings. The molecule has 0 saturated heterocycles. The van der Waals surface area contributed by atoms with Crippen molar-refractivity contribution >= 4 is 35.0 Å². The number of hydrogen-bond donors (Lipinski definition) is 2. The molecule has 0 aromatic heterocycles. The zero-order chi connectivity index (χ0) is 12.0. The van der Waals surface area contributed by atoms with Crippen LogP contribution < -0.4 is 11.1 Å². The SMILES string of the molecule is CNC(=O)CCCSc1ccc(N)c(Cl)c1. The van der Waals surface area contributed by atoms with Crippen molar-refractivity contribution in [3.05, 3.63) is 23.2 Å². The number of halogens is 1. The quantitative estimate of drug-likeness (QED) is 0.485. The fraction of sp³-hybridized carbons (Fsp3) is 0.364. The summed E-state index contributed by atoms with van der Waals surface area (Å²) in [5, 5.41) is 3.17. The lowest BCUT2D eigenvalue weighted by molar-refractivity contribution is -0.120. The Bertz CT molecular complexity index is 371. The van der Waals surface area contributed by atoms with E-state index in [2.05, 4.69) is 5.32 Å². The molecule has 0 radical (unpaired) electrons. The first-order valence-electron chi connectivity index (χ1n) is 5.02. The molecule has 88 valence electrons. The van der Waals surface area contributed by atoms with Crippen LogP contribution in [-0.2, 0) is 4.79 Å². The summed E-state index contributed by atoms with van der Waals surface area (Å²) < 4.78 is 0. The highest BCUT2D eigenvalue weighted by molar-refractivity contribution is 7.99. The fourth-order valence-electron chi connectivity index (χ4n) is 1.15. The zero-order valence-corrected chi connectivity index (χ0v) is 10.7. The molecule has 3 nitrogen and oxygen atoms in total. The third-order valence-corrected chi connectivity index (χ3v) is 3.48. The third-order valence-electron chi connectivity index (χ3n) is 2.07. The van der Waals surface area contributed by atoms with Crippen LogP contribution in [0.4, 0.5) is 5.69 Å². The van der Waals surface area contributed by atoms with Crippen molar-refractivity contribution in [2.24, 2.45) is 0 Å². The molecule has 3 N–H and O–H groups in total. The molecule has 1 rings (SSSR count). The maximum Gasteiger partial charge on any atom is 0.219 e. The predicted octanol–water partition coefficient (Wildman–Crippen LogP) is 2.54. The van der Waals surface area contributed by atoms with Crippen LogP contribution in [0.25, 0.3) is 0 Å². The molecule has 1 aromatic carbocycles. The summed E-state index contributed by atoms with van der Waals surface area (Å²) in [6, 6.07) is 5.58. The molecule has 0 atom stereocenters. The molecule has 0 bridgehead atoms. The van der Waals surface area contributed by atoms with Crippen LogP contribution in [0.1, 0.15) is 12.8 Å². The Balaban J connectivity index is 2.32. The Kier molecular flexibility index (Phi) is 5.49. The molecule has 0 aliphatic rings. The molecule has 0 aliphatic heterocycles. The Morgan fingerprint density at radius 2 is 2.31 bits per heavy atom. The molecule has 0 unspecified atom stereocenters. The van der Waals surface area contributed by atoms with E-state index in [9.17, 15) is 4.79 Å². The fourth-order valence-corrected chi connectivity index (χ4v) is 2.28. The molecular formula is C11H15ClN2OS. The van der Waals surface area contributed by atoms with Crippen LogP contribution in [0, 0.1) is 0 Å².